The van der Waals surface area contributed by atoms with E-state index >= 15 is 0 Å². The fourth-order valence-electron chi connectivity index (χ4n) is 2.26. The molecule has 1 saturated heterocycles. The summed E-state index contributed by atoms with van der Waals surface area (Å²) in [6.45, 7) is 0.738. The molecule has 8 heteroatoms. The van der Waals surface area contributed by atoms with E-state index < -0.39 is 6.03 Å². The molecule has 1 aliphatic heterocycles. The Morgan fingerprint density at radius 1 is 1.43 bits per heavy atom. The third kappa shape index (κ3) is 4.19. The van der Waals surface area contributed by atoms with Gasteiger partial charge in [0.1, 0.15) is 5.75 Å². The van der Waals surface area contributed by atoms with Gasteiger partial charge < -0.3 is 15.8 Å². The maximum absolute atomic E-state index is 11.9. The van der Waals surface area contributed by atoms with E-state index in [9.17, 15) is 14.4 Å². The van der Waals surface area contributed by atoms with Gasteiger partial charge in [-0.05, 0) is 25.1 Å². The van der Waals surface area contributed by atoms with Crippen LogP contribution in [0.1, 0.15) is 19.3 Å². The molecule has 4 amide bonds. The molecule has 0 aromatic heterocycles. The van der Waals surface area contributed by atoms with E-state index in [2.05, 4.69) is 10.6 Å². The highest BCUT2D eigenvalue weighted by molar-refractivity contribution is 6.06. The number of nitrogens with one attached hydrogen (secondary N) is 2. The molecule has 0 unspecified atom stereocenters. The number of amides is 4. The first-order chi connectivity index (χ1) is 11.0. The number of rotatable bonds is 6. The molecule has 0 spiro atoms. The fourth-order valence-corrected chi connectivity index (χ4v) is 2.26. The maximum Gasteiger partial charge on any atom is 0.328 e. The van der Waals surface area contributed by atoms with Crippen LogP contribution in [0.2, 0.25) is 0 Å². The highest BCUT2D eigenvalue weighted by atomic mass is 16.5. The van der Waals surface area contributed by atoms with Gasteiger partial charge in [-0.1, -0.05) is 0 Å². The Morgan fingerprint density at radius 3 is 2.87 bits per heavy atom. The summed E-state index contributed by atoms with van der Waals surface area (Å²) in [5, 5.41) is 5.01. The van der Waals surface area contributed by atoms with Gasteiger partial charge in [-0.3, -0.25) is 19.8 Å². The van der Waals surface area contributed by atoms with Crippen LogP contribution in [0.3, 0.4) is 0 Å². The first-order valence-electron chi connectivity index (χ1n) is 7.34. The van der Waals surface area contributed by atoms with Gasteiger partial charge in [0.2, 0.25) is 11.8 Å². The van der Waals surface area contributed by atoms with Crippen LogP contribution >= 0.6 is 0 Å². The van der Waals surface area contributed by atoms with Gasteiger partial charge in [0.25, 0.3) is 0 Å². The summed E-state index contributed by atoms with van der Waals surface area (Å²) in [4.78, 5) is 36.3. The van der Waals surface area contributed by atoms with Crippen LogP contribution in [-0.2, 0) is 9.59 Å². The van der Waals surface area contributed by atoms with Crippen molar-refractivity contribution in [2.24, 2.45) is 5.73 Å². The molecule has 4 N–H and O–H groups in total. The number of urea groups is 1. The first-order valence-corrected chi connectivity index (χ1v) is 7.34. The Labute approximate surface area is 134 Å². The number of methoxy groups -OCH3 is 1. The molecule has 1 aliphatic rings. The second-order valence-electron chi connectivity index (χ2n) is 5.08. The van der Waals surface area contributed by atoms with Crippen molar-refractivity contribution in [2.75, 3.05) is 30.4 Å². The lowest BCUT2D eigenvalue weighted by Crippen LogP contribution is -2.49. The fraction of sp³-hybridized carbons (Fsp3) is 0.400. The van der Waals surface area contributed by atoms with Gasteiger partial charge in [0, 0.05) is 31.1 Å². The van der Waals surface area contributed by atoms with E-state index in [1.807, 2.05) is 0 Å². The number of ether oxygens (including phenoxy) is 1. The number of benzene rings is 1. The summed E-state index contributed by atoms with van der Waals surface area (Å²) in [6.07, 6.45) is 1.19. The summed E-state index contributed by atoms with van der Waals surface area (Å²) >= 11 is 0. The number of nitrogens with zero attached hydrogens (tertiary/aromatic N) is 1. The molecule has 124 valence electrons. The van der Waals surface area contributed by atoms with Crippen molar-refractivity contribution in [3.63, 3.8) is 0 Å². The van der Waals surface area contributed by atoms with Gasteiger partial charge in [0.05, 0.1) is 12.8 Å². The normalized spacial score (nSPS) is 14.4. The molecule has 0 radical (unpaired) electrons. The minimum Gasteiger partial charge on any atom is -0.494 e. The summed E-state index contributed by atoms with van der Waals surface area (Å²) in [5.74, 6) is 0.00620. The van der Waals surface area contributed by atoms with Crippen LogP contribution in [0.4, 0.5) is 16.2 Å². The molecule has 2 rings (SSSR count). The lowest BCUT2D eigenvalue weighted by molar-refractivity contribution is -0.120. The van der Waals surface area contributed by atoms with Crippen molar-refractivity contribution in [2.45, 2.75) is 19.3 Å². The number of imide groups is 1. The minimum atomic E-state index is -0.487. The van der Waals surface area contributed by atoms with Crippen molar-refractivity contribution >= 4 is 29.2 Å². The molecular formula is C15H20N4O4. The summed E-state index contributed by atoms with van der Waals surface area (Å²) in [6, 6.07) is 4.51. The third-order valence-electron chi connectivity index (χ3n) is 3.42. The molecule has 8 nitrogen and oxygen atoms in total. The molecule has 0 saturated carbocycles. The Balaban J connectivity index is 2.15. The Bertz CT molecular complexity index is 617. The van der Waals surface area contributed by atoms with Crippen molar-refractivity contribution in [1.82, 2.24) is 5.32 Å². The standard InChI is InChI=1S/C15H20N4O4/c1-23-12-9-10(17-13(20)3-2-7-16)4-5-11(12)19-8-6-14(21)18-15(19)22/h4-5,9H,2-3,6-8,16H2,1H3,(H,17,20)(H,18,21,22). The predicted molar refractivity (Wildman–Crippen MR) is 85.4 cm³/mol. The van der Waals surface area contributed by atoms with E-state index in [4.69, 9.17) is 10.5 Å². The smallest absolute Gasteiger partial charge is 0.328 e. The van der Waals surface area contributed by atoms with Crippen LogP contribution in [0.25, 0.3) is 0 Å². The van der Waals surface area contributed by atoms with Crippen LogP contribution in [-0.4, -0.2) is 38.0 Å². The highest BCUT2D eigenvalue weighted by Crippen LogP contribution is 2.32. The summed E-state index contributed by atoms with van der Waals surface area (Å²) in [7, 11) is 1.48. The van der Waals surface area contributed by atoms with Gasteiger partial charge in [-0.25, -0.2) is 4.79 Å². The number of anilines is 2. The van der Waals surface area contributed by atoms with E-state index in [0.29, 0.717) is 36.5 Å². The van der Waals surface area contributed by atoms with E-state index in [1.54, 1.807) is 18.2 Å². The van der Waals surface area contributed by atoms with Crippen molar-refractivity contribution < 1.29 is 19.1 Å². The summed E-state index contributed by atoms with van der Waals surface area (Å²) in [5.41, 5.74) is 6.48. The molecule has 0 atom stereocenters. The minimum absolute atomic E-state index is 0.133. The van der Waals surface area contributed by atoms with Crippen molar-refractivity contribution in [3.05, 3.63) is 18.2 Å². The Kier molecular flexibility index (Phi) is 5.53. The lowest BCUT2D eigenvalue weighted by Gasteiger charge is -2.28. The average molecular weight is 320 g/mol. The van der Waals surface area contributed by atoms with Crippen molar-refractivity contribution in [1.29, 1.82) is 0 Å². The molecular weight excluding hydrogens is 300 g/mol. The number of carbonyl (C=O) groups is 3. The van der Waals surface area contributed by atoms with Gasteiger partial charge in [0.15, 0.2) is 0 Å². The van der Waals surface area contributed by atoms with E-state index in [1.165, 1.54) is 12.0 Å². The Morgan fingerprint density at radius 2 is 2.22 bits per heavy atom. The van der Waals surface area contributed by atoms with Crippen LogP contribution < -0.4 is 26.0 Å². The maximum atomic E-state index is 11.9. The molecule has 1 aromatic carbocycles. The number of nitrogens with two attached hydrogens (primary N) is 1. The molecule has 1 aromatic rings. The molecule has 23 heavy (non-hydrogen) atoms. The van der Waals surface area contributed by atoms with Gasteiger partial charge in [-0.15, -0.1) is 0 Å². The SMILES string of the molecule is COc1cc(NC(=O)CCCN)ccc1N1CCC(=O)NC1=O. The number of hydrogen-bond acceptors (Lipinski definition) is 5. The van der Waals surface area contributed by atoms with E-state index in [-0.39, 0.29) is 24.8 Å². The largest absolute Gasteiger partial charge is 0.494 e. The zero-order valence-corrected chi connectivity index (χ0v) is 12.9. The molecule has 0 aliphatic carbocycles. The average Bonchev–Trinajstić information content (AvgIpc) is 2.53. The highest BCUT2D eigenvalue weighted by Gasteiger charge is 2.26. The zero-order valence-electron chi connectivity index (χ0n) is 12.9. The molecule has 0 bridgehead atoms. The third-order valence-corrected chi connectivity index (χ3v) is 3.42. The molecule has 1 heterocycles. The topological polar surface area (TPSA) is 114 Å². The number of carbonyl (C=O) groups excluding carboxylic acids is 3. The Hall–Kier alpha value is -2.61. The molecule has 1 fully saturated rings. The van der Waals surface area contributed by atoms with Crippen molar-refractivity contribution in [3.8, 4) is 5.75 Å². The second kappa shape index (κ2) is 7.59. The predicted octanol–water partition coefficient (Wildman–Crippen LogP) is 0.819. The second-order valence-corrected chi connectivity index (χ2v) is 5.08. The monoisotopic (exact) mass is 320 g/mol. The first kappa shape index (κ1) is 16.8. The zero-order chi connectivity index (χ0) is 16.8. The van der Waals surface area contributed by atoms with Crippen LogP contribution in [0.15, 0.2) is 18.2 Å². The van der Waals surface area contributed by atoms with E-state index in [0.717, 1.165) is 0 Å². The van der Waals surface area contributed by atoms with Crippen LogP contribution in [0.5, 0.6) is 5.75 Å². The van der Waals surface area contributed by atoms with Gasteiger partial charge in [-0.2, -0.15) is 0 Å². The quantitative estimate of drug-likeness (QED) is 0.718. The lowest BCUT2D eigenvalue weighted by atomic mass is 10.2. The van der Waals surface area contributed by atoms with Gasteiger partial charge >= 0.3 is 6.03 Å². The number of hydrogen-bond donors (Lipinski definition) is 3. The van der Waals surface area contributed by atoms with Crippen LogP contribution in [0, 0.1) is 0 Å². The summed E-state index contributed by atoms with van der Waals surface area (Å²) < 4.78 is 5.30.